The Morgan fingerprint density at radius 1 is 1.11 bits per heavy atom. The average molecular weight is 391 g/mol. The number of sulfonamides is 1. The van der Waals surface area contributed by atoms with Crippen molar-refractivity contribution in [3.8, 4) is 5.75 Å². The zero-order valence-corrected chi connectivity index (χ0v) is 16.8. The predicted molar refractivity (Wildman–Crippen MR) is 105 cm³/mol. The molecule has 2 N–H and O–H groups in total. The molecule has 2 atom stereocenters. The van der Waals surface area contributed by atoms with Crippen LogP contribution in [0.3, 0.4) is 0 Å². The third kappa shape index (κ3) is 5.55. The summed E-state index contributed by atoms with van der Waals surface area (Å²) in [6.07, 6.45) is 0. The number of amides is 1. The van der Waals surface area contributed by atoms with Crippen molar-refractivity contribution in [2.45, 2.75) is 44.7 Å². The zero-order valence-electron chi connectivity index (χ0n) is 16.0. The summed E-state index contributed by atoms with van der Waals surface area (Å²) in [6.45, 7) is 7.52. The van der Waals surface area contributed by atoms with Gasteiger partial charge in [-0.3, -0.25) is 4.79 Å². The van der Waals surface area contributed by atoms with Gasteiger partial charge < -0.3 is 10.1 Å². The molecule has 6 nitrogen and oxygen atoms in total. The van der Waals surface area contributed by atoms with Crippen LogP contribution in [0.1, 0.15) is 37.9 Å². The number of aryl methyl sites for hydroxylation is 1. The van der Waals surface area contributed by atoms with E-state index in [2.05, 4.69) is 10.0 Å². The third-order valence-corrected chi connectivity index (χ3v) is 5.68. The molecule has 0 aromatic heterocycles. The van der Waals surface area contributed by atoms with Gasteiger partial charge in [-0.25, -0.2) is 8.42 Å². The van der Waals surface area contributed by atoms with E-state index < -0.39 is 22.0 Å². The van der Waals surface area contributed by atoms with Crippen LogP contribution >= 0.6 is 0 Å². The Balaban J connectivity index is 2.05. The summed E-state index contributed by atoms with van der Waals surface area (Å²) < 4.78 is 33.0. The van der Waals surface area contributed by atoms with E-state index in [1.807, 2.05) is 44.2 Å². The molecule has 0 saturated carbocycles. The molecule has 1 amide bonds. The monoisotopic (exact) mass is 390 g/mol. The predicted octanol–water partition coefficient (Wildman–Crippen LogP) is 2.94. The first-order chi connectivity index (χ1) is 12.7. The van der Waals surface area contributed by atoms with Gasteiger partial charge in [-0.2, -0.15) is 4.72 Å². The summed E-state index contributed by atoms with van der Waals surface area (Å²) in [6, 6.07) is 13.0. The lowest BCUT2D eigenvalue weighted by molar-refractivity contribution is -0.123. The Bertz CT molecular complexity index is 882. The lowest BCUT2D eigenvalue weighted by Crippen LogP contribution is -2.45. The van der Waals surface area contributed by atoms with Gasteiger partial charge in [-0.05, 0) is 57.0 Å². The second kappa shape index (κ2) is 9.01. The van der Waals surface area contributed by atoms with E-state index in [-0.39, 0.29) is 10.9 Å². The highest BCUT2D eigenvalue weighted by atomic mass is 32.2. The van der Waals surface area contributed by atoms with Crippen LogP contribution in [0.5, 0.6) is 5.75 Å². The fraction of sp³-hybridized carbons (Fsp3) is 0.350. The van der Waals surface area contributed by atoms with Crippen molar-refractivity contribution in [2.75, 3.05) is 6.61 Å². The molecule has 0 bridgehead atoms. The van der Waals surface area contributed by atoms with E-state index in [4.69, 9.17) is 4.74 Å². The number of nitrogens with one attached hydrogen (secondary N) is 2. The molecule has 0 heterocycles. The standard InChI is InChI=1S/C20H26N2O4S/c1-5-26-19-12-11-18(13-14(19)2)27(24,25)22-16(4)20(23)21-15(3)17-9-7-6-8-10-17/h6-13,15-16,22H,5H2,1-4H3,(H,21,23)/t15-,16-/m0/s1. The summed E-state index contributed by atoms with van der Waals surface area (Å²) in [5.74, 6) is 0.247. The normalized spacial score (nSPS) is 13.6. The van der Waals surface area contributed by atoms with Crippen LogP contribution < -0.4 is 14.8 Å². The molecule has 146 valence electrons. The highest BCUT2D eigenvalue weighted by Gasteiger charge is 2.23. The topological polar surface area (TPSA) is 84.5 Å². The maximum absolute atomic E-state index is 12.6. The van der Waals surface area contributed by atoms with Crippen molar-refractivity contribution in [1.29, 1.82) is 0 Å². The smallest absolute Gasteiger partial charge is 0.241 e. The van der Waals surface area contributed by atoms with Gasteiger partial charge in [0.2, 0.25) is 15.9 Å². The molecule has 2 aromatic carbocycles. The Labute approximate surface area is 161 Å². The molecule has 2 rings (SSSR count). The molecule has 0 aliphatic rings. The minimum atomic E-state index is -3.83. The minimum Gasteiger partial charge on any atom is -0.494 e. The molecule has 0 aliphatic heterocycles. The van der Waals surface area contributed by atoms with Gasteiger partial charge in [0.05, 0.1) is 23.6 Å². The summed E-state index contributed by atoms with van der Waals surface area (Å²) in [5, 5.41) is 2.82. The molecule has 0 saturated heterocycles. The zero-order chi connectivity index (χ0) is 20.0. The van der Waals surface area contributed by atoms with Crippen molar-refractivity contribution in [2.24, 2.45) is 0 Å². The number of ether oxygens (including phenoxy) is 1. The molecule has 0 radical (unpaired) electrons. The lowest BCUT2D eigenvalue weighted by Gasteiger charge is -2.19. The number of hydrogen-bond acceptors (Lipinski definition) is 4. The van der Waals surface area contributed by atoms with Crippen LogP contribution in [0, 0.1) is 6.92 Å². The van der Waals surface area contributed by atoms with Gasteiger partial charge in [0.1, 0.15) is 5.75 Å². The molecule has 7 heteroatoms. The summed E-state index contributed by atoms with van der Waals surface area (Å²) in [4.78, 5) is 12.5. The van der Waals surface area contributed by atoms with Crippen LogP contribution in [0.4, 0.5) is 0 Å². The first kappa shape index (κ1) is 20.9. The fourth-order valence-corrected chi connectivity index (χ4v) is 3.91. The molecule has 27 heavy (non-hydrogen) atoms. The highest BCUT2D eigenvalue weighted by molar-refractivity contribution is 7.89. The molecule has 0 aliphatic carbocycles. The number of benzene rings is 2. The average Bonchev–Trinajstić information content (AvgIpc) is 2.63. The Morgan fingerprint density at radius 2 is 1.78 bits per heavy atom. The van der Waals surface area contributed by atoms with E-state index in [0.29, 0.717) is 12.4 Å². The van der Waals surface area contributed by atoms with E-state index in [9.17, 15) is 13.2 Å². The molecular weight excluding hydrogens is 364 g/mol. The largest absolute Gasteiger partial charge is 0.494 e. The fourth-order valence-electron chi connectivity index (χ4n) is 2.62. The number of carbonyl (C=O) groups is 1. The quantitative estimate of drug-likeness (QED) is 0.726. The van der Waals surface area contributed by atoms with Crippen molar-refractivity contribution in [3.63, 3.8) is 0 Å². The van der Waals surface area contributed by atoms with Crippen molar-refractivity contribution < 1.29 is 17.9 Å². The molecule has 2 aromatic rings. The van der Waals surface area contributed by atoms with Crippen LogP contribution in [-0.2, 0) is 14.8 Å². The van der Waals surface area contributed by atoms with Gasteiger partial charge in [-0.15, -0.1) is 0 Å². The van der Waals surface area contributed by atoms with Crippen LogP contribution in [0.15, 0.2) is 53.4 Å². The summed E-state index contributed by atoms with van der Waals surface area (Å²) in [5.41, 5.74) is 1.66. The van der Waals surface area contributed by atoms with Gasteiger partial charge in [-0.1, -0.05) is 30.3 Å². The SMILES string of the molecule is CCOc1ccc(S(=O)(=O)N[C@@H](C)C(=O)N[C@@H](C)c2ccccc2)cc1C. The first-order valence-corrected chi connectivity index (χ1v) is 10.3. The van der Waals surface area contributed by atoms with Crippen molar-refractivity contribution in [3.05, 3.63) is 59.7 Å². The van der Waals surface area contributed by atoms with Crippen LogP contribution in [0.25, 0.3) is 0 Å². The minimum absolute atomic E-state index is 0.0965. The van der Waals surface area contributed by atoms with Gasteiger partial charge in [0, 0.05) is 0 Å². The molecule has 0 unspecified atom stereocenters. The van der Waals surface area contributed by atoms with E-state index >= 15 is 0 Å². The Morgan fingerprint density at radius 3 is 2.37 bits per heavy atom. The van der Waals surface area contributed by atoms with E-state index in [1.54, 1.807) is 13.0 Å². The van der Waals surface area contributed by atoms with Gasteiger partial charge in [0.25, 0.3) is 0 Å². The number of rotatable bonds is 8. The van der Waals surface area contributed by atoms with Crippen molar-refractivity contribution >= 4 is 15.9 Å². The molecule has 0 fully saturated rings. The van der Waals surface area contributed by atoms with Gasteiger partial charge in [0.15, 0.2) is 0 Å². The van der Waals surface area contributed by atoms with E-state index in [1.165, 1.54) is 19.1 Å². The maximum atomic E-state index is 12.6. The number of carbonyl (C=O) groups excluding carboxylic acids is 1. The van der Waals surface area contributed by atoms with Crippen molar-refractivity contribution in [1.82, 2.24) is 10.0 Å². The maximum Gasteiger partial charge on any atom is 0.241 e. The second-order valence-electron chi connectivity index (χ2n) is 6.34. The van der Waals surface area contributed by atoms with Crippen LogP contribution in [0.2, 0.25) is 0 Å². The van der Waals surface area contributed by atoms with Gasteiger partial charge >= 0.3 is 0 Å². The molecular formula is C20H26N2O4S. The van der Waals surface area contributed by atoms with Crippen LogP contribution in [-0.4, -0.2) is 27.0 Å². The number of hydrogen-bond donors (Lipinski definition) is 2. The first-order valence-electron chi connectivity index (χ1n) is 8.85. The van der Waals surface area contributed by atoms with E-state index in [0.717, 1.165) is 11.1 Å². The Kier molecular flexibility index (Phi) is 6.98. The highest BCUT2D eigenvalue weighted by Crippen LogP contribution is 2.22. The second-order valence-corrected chi connectivity index (χ2v) is 8.06. The third-order valence-electron chi connectivity index (χ3n) is 4.14. The molecule has 0 spiro atoms. The summed E-state index contributed by atoms with van der Waals surface area (Å²) >= 11 is 0. The lowest BCUT2D eigenvalue weighted by atomic mass is 10.1. The Hall–Kier alpha value is -2.38. The summed E-state index contributed by atoms with van der Waals surface area (Å²) in [7, 11) is -3.83.